The van der Waals surface area contributed by atoms with E-state index in [1.54, 1.807) is 48.5 Å². The summed E-state index contributed by atoms with van der Waals surface area (Å²) in [5.41, 5.74) is 0.737. The van der Waals surface area contributed by atoms with E-state index in [0.717, 1.165) is 4.31 Å². The van der Waals surface area contributed by atoms with E-state index in [2.05, 4.69) is 0 Å². The molecule has 0 saturated carbocycles. The molecular weight excluding hydrogens is 446 g/mol. The van der Waals surface area contributed by atoms with E-state index in [9.17, 15) is 18.3 Å². The third-order valence-corrected chi connectivity index (χ3v) is 6.58. The molecule has 1 N–H and O–H groups in total. The molecule has 0 aliphatic carbocycles. The maximum atomic E-state index is 13.9. The molecular formula is C24H25NO7S. The summed E-state index contributed by atoms with van der Waals surface area (Å²) in [4.78, 5) is 12.6. The van der Waals surface area contributed by atoms with Crippen LogP contribution in [0.3, 0.4) is 0 Å². The van der Waals surface area contributed by atoms with Crippen LogP contribution in [0.2, 0.25) is 0 Å². The summed E-state index contributed by atoms with van der Waals surface area (Å²) in [5, 5.41) is 9.24. The molecule has 3 aromatic carbocycles. The number of aliphatic hydroxyl groups is 1. The highest BCUT2D eigenvalue weighted by Gasteiger charge is 2.32. The van der Waals surface area contributed by atoms with E-state index in [-0.39, 0.29) is 41.7 Å². The van der Waals surface area contributed by atoms with Crippen molar-refractivity contribution in [3.05, 3.63) is 83.9 Å². The Bertz CT molecular complexity index is 1180. The van der Waals surface area contributed by atoms with Crippen LogP contribution in [0.5, 0.6) is 11.5 Å². The van der Waals surface area contributed by atoms with Gasteiger partial charge in [0.2, 0.25) is 0 Å². The number of sulfonamides is 1. The molecule has 0 aromatic heterocycles. The fourth-order valence-electron chi connectivity index (χ4n) is 3.23. The van der Waals surface area contributed by atoms with Crippen molar-refractivity contribution >= 4 is 21.7 Å². The van der Waals surface area contributed by atoms with Crippen LogP contribution in [0.15, 0.2) is 77.7 Å². The molecule has 0 aliphatic rings. The van der Waals surface area contributed by atoms with Crippen LogP contribution in [0.1, 0.15) is 15.9 Å². The quantitative estimate of drug-likeness (QED) is 0.453. The van der Waals surface area contributed by atoms with E-state index in [4.69, 9.17) is 14.2 Å². The summed E-state index contributed by atoms with van der Waals surface area (Å²) >= 11 is 0. The molecule has 3 rings (SSSR count). The van der Waals surface area contributed by atoms with Crippen LogP contribution in [-0.2, 0) is 21.3 Å². The van der Waals surface area contributed by atoms with Gasteiger partial charge in [-0.3, -0.25) is 4.31 Å². The van der Waals surface area contributed by atoms with Crippen molar-refractivity contribution in [2.45, 2.75) is 11.4 Å². The zero-order valence-electron chi connectivity index (χ0n) is 18.3. The smallest absolute Gasteiger partial charge is 0.340 e. The standard InChI is InChI=1S/C24H25NO7S/c1-30-19-11-13-20(14-12-19)33(28,29)25(17-18-7-4-3-5-8-18)23-21(24(27)31-2)9-6-10-22(23)32-16-15-26/h3-14,26H,15-17H2,1-2H3. The minimum atomic E-state index is -4.16. The van der Waals surface area contributed by atoms with Crippen molar-refractivity contribution in [3.63, 3.8) is 0 Å². The lowest BCUT2D eigenvalue weighted by molar-refractivity contribution is 0.0601. The number of nitrogens with zero attached hydrogens (tertiary/aromatic N) is 1. The van der Waals surface area contributed by atoms with Gasteiger partial charge in [-0.15, -0.1) is 0 Å². The van der Waals surface area contributed by atoms with Crippen LogP contribution < -0.4 is 13.8 Å². The number of carbonyl (C=O) groups is 1. The van der Waals surface area contributed by atoms with Gasteiger partial charge in [-0.25, -0.2) is 13.2 Å². The molecule has 0 amide bonds. The fourth-order valence-corrected chi connectivity index (χ4v) is 4.72. The first-order chi connectivity index (χ1) is 15.9. The number of benzene rings is 3. The highest BCUT2D eigenvalue weighted by atomic mass is 32.2. The van der Waals surface area contributed by atoms with Crippen molar-refractivity contribution in [1.82, 2.24) is 0 Å². The molecule has 0 saturated heterocycles. The van der Waals surface area contributed by atoms with Gasteiger partial charge in [0.1, 0.15) is 23.8 Å². The monoisotopic (exact) mass is 471 g/mol. The molecule has 0 aliphatic heterocycles. The molecule has 33 heavy (non-hydrogen) atoms. The largest absolute Gasteiger partial charge is 0.497 e. The zero-order valence-corrected chi connectivity index (χ0v) is 19.1. The first-order valence-electron chi connectivity index (χ1n) is 10.1. The number of hydrogen-bond donors (Lipinski definition) is 1. The number of carbonyl (C=O) groups excluding carboxylic acids is 1. The first kappa shape index (κ1) is 24.1. The minimum Gasteiger partial charge on any atom is -0.497 e. The highest BCUT2D eigenvalue weighted by molar-refractivity contribution is 7.92. The van der Waals surface area contributed by atoms with Gasteiger partial charge in [0, 0.05) is 0 Å². The normalized spacial score (nSPS) is 11.0. The van der Waals surface area contributed by atoms with Gasteiger partial charge < -0.3 is 19.3 Å². The molecule has 3 aromatic rings. The van der Waals surface area contributed by atoms with E-state index >= 15 is 0 Å². The van der Waals surface area contributed by atoms with Gasteiger partial charge >= 0.3 is 5.97 Å². The van der Waals surface area contributed by atoms with Crippen LogP contribution in [0.4, 0.5) is 5.69 Å². The maximum absolute atomic E-state index is 13.9. The Morgan fingerprint density at radius 2 is 1.64 bits per heavy atom. The lowest BCUT2D eigenvalue weighted by atomic mass is 10.1. The van der Waals surface area contributed by atoms with Crippen molar-refractivity contribution in [1.29, 1.82) is 0 Å². The fraction of sp³-hybridized carbons (Fsp3) is 0.208. The maximum Gasteiger partial charge on any atom is 0.340 e. The van der Waals surface area contributed by atoms with E-state index in [1.807, 2.05) is 6.07 Å². The van der Waals surface area contributed by atoms with Crippen LogP contribution in [-0.4, -0.2) is 46.9 Å². The van der Waals surface area contributed by atoms with Gasteiger partial charge in [0.25, 0.3) is 10.0 Å². The number of aliphatic hydroxyl groups excluding tert-OH is 1. The molecule has 0 unspecified atom stereocenters. The molecule has 0 spiro atoms. The van der Waals surface area contributed by atoms with Crippen LogP contribution in [0.25, 0.3) is 0 Å². The third kappa shape index (κ3) is 5.44. The van der Waals surface area contributed by atoms with Crippen molar-refractivity contribution in [2.75, 3.05) is 31.7 Å². The minimum absolute atomic E-state index is 0.00649. The van der Waals surface area contributed by atoms with E-state index in [1.165, 1.54) is 32.4 Å². The Hall–Kier alpha value is -3.56. The molecule has 9 heteroatoms. The van der Waals surface area contributed by atoms with Gasteiger partial charge in [-0.1, -0.05) is 36.4 Å². The molecule has 0 radical (unpaired) electrons. The number of para-hydroxylation sites is 1. The first-order valence-corrected chi connectivity index (χ1v) is 11.5. The number of methoxy groups -OCH3 is 2. The number of esters is 1. The summed E-state index contributed by atoms with van der Waals surface area (Å²) < 4.78 is 44.5. The highest BCUT2D eigenvalue weighted by Crippen LogP contribution is 2.38. The number of ether oxygens (including phenoxy) is 3. The Morgan fingerprint density at radius 3 is 2.24 bits per heavy atom. The lowest BCUT2D eigenvalue weighted by Crippen LogP contribution is -2.32. The second kappa shape index (κ2) is 10.8. The summed E-state index contributed by atoms with van der Waals surface area (Å²) in [7, 11) is -1.46. The Labute approximate surface area is 193 Å². The van der Waals surface area contributed by atoms with E-state index in [0.29, 0.717) is 11.3 Å². The second-order valence-corrected chi connectivity index (χ2v) is 8.75. The summed E-state index contributed by atoms with van der Waals surface area (Å²) in [5.74, 6) is -0.0899. The molecule has 0 atom stereocenters. The number of anilines is 1. The van der Waals surface area contributed by atoms with Gasteiger partial charge in [-0.05, 0) is 42.0 Å². The van der Waals surface area contributed by atoms with Crippen molar-refractivity contribution < 1.29 is 32.5 Å². The van der Waals surface area contributed by atoms with E-state index < -0.39 is 16.0 Å². The molecule has 0 fully saturated rings. The second-order valence-electron chi connectivity index (χ2n) is 6.89. The Kier molecular flexibility index (Phi) is 7.92. The average Bonchev–Trinajstić information content (AvgIpc) is 2.86. The van der Waals surface area contributed by atoms with Gasteiger partial charge in [0.05, 0.1) is 37.8 Å². The Morgan fingerprint density at radius 1 is 0.939 bits per heavy atom. The average molecular weight is 472 g/mol. The van der Waals surface area contributed by atoms with Crippen LogP contribution in [0, 0.1) is 0 Å². The Balaban J connectivity index is 2.24. The molecule has 0 bridgehead atoms. The summed E-state index contributed by atoms with van der Waals surface area (Å²) in [6.45, 7) is -0.441. The predicted molar refractivity (Wildman–Crippen MR) is 123 cm³/mol. The van der Waals surface area contributed by atoms with Gasteiger partial charge in [-0.2, -0.15) is 0 Å². The zero-order chi connectivity index (χ0) is 23.8. The number of hydrogen-bond acceptors (Lipinski definition) is 7. The summed E-state index contributed by atoms with van der Waals surface area (Å²) in [6, 6.07) is 19.5. The SMILES string of the molecule is COC(=O)c1cccc(OCCO)c1N(Cc1ccccc1)S(=O)(=O)c1ccc(OC)cc1. The van der Waals surface area contributed by atoms with Gasteiger partial charge in [0.15, 0.2) is 0 Å². The lowest BCUT2D eigenvalue weighted by Gasteiger charge is -2.28. The molecule has 8 nitrogen and oxygen atoms in total. The van der Waals surface area contributed by atoms with Crippen molar-refractivity contribution in [3.8, 4) is 11.5 Å². The topological polar surface area (TPSA) is 102 Å². The predicted octanol–water partition coefficient (Wildman–Crippen LogP) is 3.25. The number of rotatable bonds is 10. The molecule has 0 heterocycles. The van der Waals surface area contributed by atoms with Crippen LogP contribution >= 0.6 is 0 Å². The van der Waals surface area contributed by atoms with Crippen molar-refractivity contribution in [2.24, 2.45) is 0 Å². The molecule has 174 valence electrons. The summed E-state index contributed by atoms with van der Waals surface area (Å²) in [6.07, 6.45) is 0. The third-order valence-electron chi connectivity index (χ3n) is 4.82.